The summed E-state index contributed by atoms with van der Waals surface area (Å²) in [5, 5.41) is 21.8. The molecule has 4 aromatic rings. The standard InChI is InChI=1S/C27H24N4O4/c1-27(2,3)21-11-7-19(8-12-21)25-29-30-26(35-25)20-9-13-22(14-10-20)28-24(32)17-6-18-4-15-23(16-5-18)31(33)34/h4-17H,1-3H3,(H,28,32)/b17-6+. The van der Waals surface area contributed by atoms with Gasteiger partial charge in [0.15, 0.2) is 0 Å². The molecule has 1 aromatic heterocycles. The van der Waals surface area contributed by atoms with Crippen LogP contribution >= 0.6 is 0 Å². The molecule has 0 unspecified atom stereocenters. The van der Waals surface area contributed by atoms with E-state index in [1.807, 2.05) is 12.1 Å². The molecule has 0 saturated heterocycles. The van der Waals surface area contributed by atoms with E-state index in [0.29, 0.717) is 23.0 Å². The molecule has 1 amide bonds. The largest absolute Gasteiger partial charge is 0.416 e. The highest BCUT2D eigenvalue weighted by atomic mass is 16.6. The molecule has 1 heterocycles. The number of rotatable bonds is 6. The lowest BCUT2D eigenvalue weighted by Gasteiger charge is -2.18. The van der Waals surface area contributed by atoms with Gasteiger partial charge in [0.1, 0.15) is 0 Å². The van der Waals surface area contributed by atoms with Crippen LogP contribution in [0.5, 0.6) is 0 Å². The van der Waals surface area contributed by atoms with Gasteiger partial charge in [-0.1, -0.05) is 32.9 Å². The Bertz CT molecular complexity index is 1360. The Morgan fingerprint density at radius 3 is 1.94 bits per heavy atom. The van der Waals surface area contributed by atoms with Crippen molar-refractivity contribution in [2.24, 2.45) is 0 Å². The predicted molar refractivity (Wildman–Crippen MR) is 135 cm³/mol. The van der Waals surface area contributed by atoms with E-state index in [1.54, 1.807) is 42.5 Å². The van der Waals surface area contributed by atoms with Crippen molar-refractivity contribution >= 4 is 23.4 Å². The van der Waals surface area contributed by atoms with Crippen molar-refractivity contribution in [2.45, 2.75) is 26.2 Å². The van der Waals surface area contributed by atoms with Crippen molar-refractivity contribution in [2.75, 3.05) is 5.32 Å². The van der Waals surface area contributed by atoms with Crippen molar-refractivity contribution in [1.29, 1.82) is 0 Å². The van der Waals surface area contributed by atoms with Crippen LogP contribution in [-0.2, 0) is 10.2 Å². The number of hydrogen-bond donors (Lipinski definition) is 1. The Morgan fingerprint density at radius 1 is 0.886 bits per heavy atom. The highest BCUT2D eigenvalue weighted by Gasteiger charge is 2.15. The maximum absolute atomic E-state index is 12.2. The van der Waals surface area contributed by atoms with Gasteiger partial charge in [-0.15, -0.1) is 10.2 Å². The highest BCUT2D eigenvalue weighted by molar-refractivity contribution is 6.02. The van der Waals surface area contributed by atoms with Crippen LogP contribution in [0.3, 0.4) is 0 Å². The van der Waals surface area contributed by atoms with Crippen LogP contribution in [0.15, 0.2) is 83.3 Å². The molecule has 1 N–H and O–H groups in total. The number of aromatic nitrogens is 2. The van der Waals surface area contributed by atoms with Gasteiger partial charge in [-0.2, -0.15) is 0 Å². The van der Waals surface area contributed by atoms with E-state index in [9.17, 15) is 14.9 Å². The third-order valence-corrected chi connectivity index (χ3v) is 5.35. The first kappa shape index (κ1) is 23.6. The van der Waals surface area contributed by atoms with Gasteiger partial charge < -0.3 is 9.73 Å². The van der Waals surface area contributed by atoms with Gasteiger partial charge in [-0.25, -0.2) is 0 Å². The molecular weight excluding hydrogens is 444 g/mol. The second-order valence-corrected chi connectivity index (χ2v) is 8.99. The van der Waals surface area contributed by atoms with Gasteiger partial charge in [-0.3, -0.25) is 14.9 Å². The van der Waals surface area contributed by atoms with Gasteiger partial charge in [0.2, 0.25) is 17.7 Å². The lowest BCUT2D eigenvalue weighted by Crippen LogP contribution is -2.10. The number of nitro groups is 1. The summed E-state index contributed by atoms with van der Waals surface area (Å²) in [6, 6.07) is 21.1. The minimum atomic E-state index is -0.469. The van der Waals surface area contributed by atoms with Crippen LogP contribution < -0.4 is 5.32 Å². The first-order chi connectivity index (χ1) is 16.7. The smallest absolute Gasteiger partial charge is 0.269 e. The van der Waals surface area contributed by atoms with E-state index >= 15 is 0 Å². The number of carbonyl (C=O) groups excluding carboxylic acids is 1. The molecule has 3 aromatic carbocycles. The predicted octanol–water partition coefficient (Wildman–Crippen LogP) is 6.26. The Balaban J connectivity index is 1.39. The van der Waals surface area contributed by atoms with E-state index in [4.69, 9.17) is 4.42 Å². The van der Waals surface area contributed by atoms with E-state index in [1.165, 1.54) is 23.8 Å². The summed E-state index contributed by atoms with van der Waals surface area (Å²) in [6.45, 7) is 6.48. The maximum atomic E-state index is 12.2. The summed E-state index contributed by atoms with van der Waals surface area (Å²) in [5.41, 5.74) is 4.15. The Labute approximate surface area is 202 Å². The number of nitrogens with zero attached hydrogens (tertiary/aromatic N) is 3. The van der Waals surface area contributed by atoms with Crippen LogP contribution in [0, 0.1) is 10.1 Å². The van der Waals surface area contributed by atoms with Crippen molar-refractivity contribution < 1.29 is 14.1 Å². The van der Waals surface area contributed by atoms with E-state index in [0.717, 1.165) is 11.1 Å². The molecule has 176 valence electrons. The Kier molecular flexibility index (Phi) is 6.55. The summed E-state index contributed by atoms with van der Waals surface area (Å²) in [7, 11) is 0. The fraction of sp³-hybridized carbons (Fsp3) is 0.148. The lowest BCUT2D eigenvalue weighted by molar-refractivity contribution is -0.384. The number of hydrogen-bond acceptors (Lipinski definition) is 6. The average molecular weight is 469 g/mol. The minimum absolute atomic E-state index is 0.00139. The van der Waals surface area contributed by atoms with Crippen molar-refractivity contribution in [3.63, 3.8) is 0 Å². The fourth-order valence-corrected chi connectivity index (χ4v) is 3.33. The molecule has 0 aliphatic carbocycles. The fourth-order valence-electron chi connectivity index (χ4n) is 3.33. The van der Waals surface area contributed by atoms with Gasteiger partial charge in [0.05, 0.1) is 4.92 Å². The lowest BCUT2D eigenvalue weighted by atomic mass is 9.87. The molecule has 0 atom stereocenters. The van der Waals surface area contributed by atoms with Gasteiger partial charge >= 0.3 is 0 Å². The Morgan fingerprint density at radius 2 is 1.43 bits per heavy atom. The summed E-state index contributed by atoms with van der Waals surface area (Å²) < 4.78 is 5.85. The number of carbonyl (C=O) groups is 1. The normalized spacial score (nSPS) is 11.5. The van der Waals surface area contributed by atoms with Crippen LogP contribution in [0.4, 0.5) is 11.4 Å². The van der Waals surface area contributed by atoms with Gasteiger partial charge in [0.25, 0.3) is 5.69 Å². The molecule has 0 aliphatic rings. The molecule has 8 nitrogen and oxygen atoms in total. The maximum Gasteiger partial charge on any atom is 0.269 e. The first-order valence-corrected chi connectivity index (χ1v) is 11.0. The van der Waals surface area contributed by atoms with Crippen molar-refractivity contribution in [3.8, 4) is 22.9 Å². The van der Waals surface area contributed by atoms with Crippen molar-refractivity contribution in [3.05, 3.63) is 100 Å². The molecule has 0 aliphatic heterocycles. The summed E-state index contributed by atoms with van der Waals surface area (Å²) >= 11 is 0. The SMILES string of the molecule is CC(C)(C)c1ccc(-c2nnc(-c3ccc(NC(=O)/C=C/c4ccc([N+](=O)[O-])cc4)cc3)o2)cc1. The second kappa shape index (κ2) is 9.72. The molecule has 4 rings (SSSR count). The number of nitrogens with one attached hydrogen (secondary N) is 1. The molecular formula is C27H24N4O4. The van der Waals surface area contributed by atoms with E-state index < -0.39 is 4.92 Å². The summed E-state index contributed by atoms with van der Waals surface area (Å²) in [5.74, 6) is 0.500. The monoisotopic (exact) mass is 468 g/mol. The zero-order chi connectivity index (χ0) is 25.0. The first-order valence-electron chi connectivity index (χ1n) is 11.0. The molecule has 0 bridgehead atoms. The summed E-state index contributed by atoms with van der Waals surface area (Å²) in [4.78, 5) is 22.5. The molecule has 35 heavy (non-hydrogen) atoms. The summed E-state index contributed by atoms with van der Waals surface area (Å²) in [6.07, 6.45) is 2.95. The van der Waals surface area contributed by atoms with Crippen LogP contribution in [0.25, 0.3) is 29.0 Å². The number of non-ortho nitro benzene ring substituents is 1. The molecule has 8 heteroatoms. The number of benzene rings is 3. The third-order valence-electron chi connectivity index (χ3n) is 5.35. The number of amides is 1. The van der Waals surface area contributed by atoms with E-state index in [2.05, 4.69) is 48.4 Å². The topological polar surface area (TPSA) is 111 Å². The second-order valence-electron chi connectivity index (χ2n) is 8.99. The van der Waals surface area contributed by atoms with Crippen LogP contribution in [-0.4, -0.2) is 21.0 Å². The quantitative estimate of drug-likeness (QED) is 0.203. The third kappa shape index (κ3) is 5.86. The van der Waals surface area contributed by atoms with Crippen LogP contribution in [0.1, 0.15) is 31.9 Å². The average Bonchev–Trinajstić information content (AvgIpc) is 3.33. The van der Waals surface area contributed by atoms with Gasteiger partial charge in [-0.05, 0) is 71.1 Å². The molecule has 0 fully saturated rings. The minimum Gasteiger partial charge on any atom is -0.416 e. The van der Waals surface area contributed by atoms with E-state index in [-0.39, 0.29) is 17.0 Å². The van der Waals surface area contributed by atoms with Crippen molar-refractivity contribution in [1.82, 2.24) is 10.2 Å². The zero-order valence-electron chi connectivity index (χ0n) is 19.6. The Hall–Kier alpha value is -4.59. The molecule has 0 radical (unpaired) electrons. The number of nitro benzene ring substituents is 1. The molecule has 0 saturated carbocycles. The number of anilines is 1. The van der Waals surface area contributed by atoms with Gasteiger partial charge in [0, 0.05) is 35.0 Å². The van der Waals surface area contributed by atoms with Crippen LogP contribution in [0.2, 0.25) is 0 Å². The highest BCUT2D eigenvalue weighted by Crippen LogP contribution is 2.28. The molecule has 0 spiro atoms. The zero-order valence-corrected chi connectivity index (χ0v) is 19.6.